The number of methoxy groups -OCH3 is 3. The fourth-order valence-corrected chi connectivity index (χ4v) is 15.9. The highest BCUT2D eigenvalue weighted by atomic mass is 16.5. The summed E-state index contributed by atoms with van der Waals surface area (Å²) in [7, 11) is 13.0. The second-order valence-electron chi connectivity index (χ2n) is 23.4. The van der Waals surface area contributed by atoms with Crippen LogP contribution >= 0.6 is 0 Å². The van der Waals surface area contributed by atoms with Crippen LogP contribution in [-0.2, 0) is 19.4 Å². The predicted molar refractivity (Wildman–Crippen MR) is 287 cm³/mol. The van der Waals surface area contributed by atoms with E-state index < -0.39 is 0 Å². The van der Waals surface area contributed by atoms with Crippen molar-refractivity contribution in [1.82, 2.24) is 10.2 Å². The van der Waals surface area contributed by atoms with E-state index in [9.17, 15) is 10.2 Å². The molecule has 12 atom stereocenters. The van der Waals surface area contributed by atoms with Gasteiger partial charge in [0, 0.05) is 12.6 Å². The SMILES string of the molecule is CNC.COc1cc(CN(C)C)ccc1OCC[C@H]1CCC2C3C(CCC21C)c1ccc(O)cc1C[C@H]3C.COc1ccc(OCC[C@H]2CCC3C4C(CCC32C)c2ccc(O)cc2C[C@H]4C)c(OC)c1. The average molecular weight is 973 g/mol. The number of hydrogen-bond donors (Lipinski definition) is 3. The van der Waals surface area contributed by atoms with Gasteiger partial charge in [0.05, 0.1) is 34.5 Å². The smallest absolute Gasteiger partial charge is 0.164 e. The van der Waals surface area contributed by atoms with Crippen molar-refractivity contribution in [2.75, 3.05) is 62.7 Å². The first-order valence-electron chi connectivity index (χ1n) is 27.2. The number of fused-ring (bicyclic) bond motifs is 10. The van der Waals surface area contributed by atoms with E-state index in [0.717, 1.165) is 104 Å². The molecule has 0 radical (unpaired) electrons. The molecule has 4 aromatic rings. The zero-order chi connectivity index (χ0) is 50.6. The number of aromatic hydroxyl groups is 2. The molecule has 9 nitrogen and oxygen atoms in total. The Kier molecular flexibility index (Phi) is 16.8. The van der Waals surface area contributed by atoms with E-state index >= 15 is 0 Å². The van der Waals surface area contributed by atoms with E-state index in [1.807, 2.05) is 56.6 Å². The number of benzene rings is 4. The fourth-order valence-electron chi connectivity index (χ4n) is 15.9. The Labute approximate surface area is 427 Å². The monoisotopic (exact) mass is 973 g/mol. The van der Waals surface area contributed by atoms with Gasteiger partial charge >= 0.3 is 0 Å². The summed E-state index contributed by atoms with van der Waals surface area (Å²) in [4.78, 5) is 2.16. The molecule has 388 valence electrons. The van der Waals surface area contributed by atoms with Gasteiger partial charge < -0.3 is 44.1 Å². The summed E-state index contributed by atoms with van der Waals surface area (Å²) in [5.74, 6) is 12.0. The lowest BCUT2D eigenvalue weighted by Gasteiger charge is -2.53. The maximum Gasteiger partial charge on any atom is 0.164 e. The van der Waals surface area contributed by atoms with E-state index in [0.29, 0.717) is 51.9 Å². The highest BCUT2D eigenvalue weighted by molar-refractivity contribution is 5.46. The van der Waals surface area contributed by atoms with Gasteiger partial charge in [0.25, 0.3) is 0 Å². The quantitative estimate of drug-likeness (QED) is 0.121. The van der Waals surface area contributed by atoms with Crippen LogP contribution in [0.15, 0.2) is 72.8 Å². The third kappa shape index (κ3) is 10.9. The predicted octanol–water partition coefficient (Wildman–Crippen LogP) is 13.1. The lowest BCUT2D eigenvalue weighted by atomic mass is 9.51. The van der Waals surface area contributed by atoms with Crippen molar-refractivity contribution >= 4 is 0 Å². The maximum atomic E-state index is 10.0. The number of rotatable bonds is 13. The molecule has 4 fully saturated rings. The minimum Gasteiger partial charge on any atom is -0.508 e. The number of nitrogens with zero attached hydrogens (tertiary/aromatic N) is 1. The summed E-state index contributed by atoms with van der Waals surface area (Å²) in [6.45, 7) is 12.4. The Morgan fingerprint density at radius 1 is 0.577 bits per heavy atom. The maximum absolute atomic E-state index is 10.0. The zero-order valence-electron chi connectivity index (χ0n) is 45.2. The molecule has 0 aliphatic heterocycles. The number of ether oxygens (including phenoxy) is 5. The molecule has 8 unspecified atom stereocenters. The second-order valence-corrected chi connectivity index (χ2v) is 23.4. The summed E-state index contributed by atoms with van der Waals surface area (Å²) in [5, 5.41) is 22.8. The molecule has 0 bridgehead atoms. The van der Waals surface area contributed by atoms with Crippen LogP contribution in [-0.4, -0.2) is 77.8 Å². The van der Waals surface area contributed by atoms with Crippen LogP contribution in [0.1, 0.15) is 132 Å². The topological polar surface area (TPSA) is 102 Å². The number of phenols is 2. The van der Waals surface area contributed by atoms with Gasteiger partial charge in [-0.3, -0.25) is 0 Å². The number of nitrogens with one attached hydrogen (secondary N) is 1. The molecule has 0 saturated heterocycles. The first kappa shape index (κ1) is 52.7. The van der Waals surface area contributed by atoms with Crippen LogP contribution in [0.3, 0.4) is 0 Å². The highest BCUT2D eigenvalue weighted by Gasteiger charge is 2.57. The van der Waals surface area contributed by atoms with Gasteiger partial charge in [-0.2, -0.15) is 0 Å². The Bertz CT molecular complexity index is 2400. The minimum absolute atomic E-state index is 0.400. The molecule has 0 spiro atoms. The van der Waals surface area contributed by atoms with Gasteiger partial charge in [-0.15, -0.1) is 0 Å². The van der Waals surface area contributed by atoms with Crippen molar-refractivity contribution in [3.05, 3.63) is 101 Å². The third-order valence-corrected chi connectivity index (χ3v) is 19.1. The molecule has 6 aliphatic rings. The Balaban J connectivity index is 0.000000181. The highest BCUT2D eigenvalue weighted by Crippen LogP contribution is 2.66. The molecule has 0 aromatic heterocycles. The lowest BCUT2D eigenvalue weighted by Crippen LogP contribution is -2.45. The molecular weight excluding hydrogens is 885 g/mol. The lowest BCUT2D eigenvalue weighted by molar-refractivity contribution is 0.000861. The Hall–Kier alpha value is -4.60. The van der Waals surface area contributed by atoms with Gasteiger partial charge in [-0.1, -0.05) is 45.9 Å². The van der Waals surface area contributed by atoms with Crippen LogP contribution in [0.2, 0.25) is 0 Å². The summed E-state index contributed by atoms with van der Waals surface area (Å²) in [6.07, 6.45) is 14.9. The van der Waals surface area contributed by atoms with E-state index in [2.05, 4.69) is 82.3 Å². The van der Waals surface area contributed by atoms with Crippen molar-refractivity contribution < 1.29 is 33.9 Å². The molecule has 4 saturated carbocycles. The molecule has 6 aliphatic carbocycles. The van der Waals surface area contributed by atoms with Crippen molar-refractivity contribution in [2.24, 2.45) is 58.2 Å². The van der Waals surface area contributed by atoms with Crippen molar-refractivity contribution in [3.8, 4) is 40.2 Å². The van der Waals surface area contributed by atoms with Crippen LogP contribution < -0.4 is 29.0 Å². The van der Waals surface area contributed by atoms with Gasteiger partial charge in [0.2, 0.25) is 0 Å². The van der Waals surface area contributed by atoms with E-state index in [4.69, 9.17) is 23.7 Å². The molecular formula is C62H88N2O7. The molecule has 4 aromatic carbocycles. The molecule has 71 heavy (non-hydrogen) atoms. The van der Waals surface area contributed by atoms with Crippen LogP contribution in [0.5, 0.6) is 40.2 Å². The van der Waals surface area contributed by atoms with E-state index in [-0.39, 0.29) is 0 Å². The number of phenolic OH excluding ortho intramolecular Hbond substituents is 2. The molecule has 0 amide bonds. The standard InChI is InChI=1S/C31H43NO3.C29H38O4.C2H7N/c1-20-16-22-18-24(33)8-9-25(22)26-12-14-31(2)23(7-10-27(31)30(20)26)13-15-35-28-11-6-21(19-32(3)4)17-29(28)34-5;1-18-15-19-16-21(30)6-8-23(19)24-11-13-29(2)20(5-9-25(29)28(18)24)12-14-33-26-10-7-22(31-3)17-27(26)32-4;1-3-2/h6,8-9,11,17-18,20,23,26-27,30,33H,7,10,12-16,19H2,1-5H3;6-8,10,16-18,20,24-25,28,30H,5,9,11-15H2,1-4H3;3H,1-2H3/t20-,23-,26?,27?,30?,31?;18-,20-,24?,25?,28?,29?;/m11./s1. The van der Waals surface area contributed by atoms with Crippen LogP contribution in [0, 0.1) is 58.2 Å². The summed E-state index contributed by atoms with van der Waals surface area (Å²) >= 11 is 0. The average Bonchev–Trinajstić information content (AvgIpc) is 3.87. The molecule has 10 rings (SSSR count). The summed E-state index contributed by atoms with van der Waals surface area (Å²) in [5.41, 5.74) is 7.84. The van der Waals surface area contributed by atoms with Gasteiger partial charge in [0.15, 0.2) is 23.0 Å². The molecule has 3 N–H and O–H groups in total. The largest absolute Gasteiger partial charge is 0.508 e. The van der Waals surface area contributed by atoms with E-state index in [1.165, 1.54) is 79.2 Å². The van der Waals surface area contributed by atoms with E-state index in [1.54, 1.807) is 21.3 Å². The van der Waals surface area contributed by atoms with Crippen molar-refractivity contribution in [1.29, 1.82) is 0 Å². The third-order valence-electron chi connectivity index (χ3n) is 19.1. The zero-order valence-corrected chi connectivity index (χ0v) is 45.2. The first-order valence-corrected chi connectivity index (χ1v) is 27.2. The van der Waals surface area contributed by atoms with Gasteiger partial charge in [0.1, 0.15) is 17.2 Å². The van der Waals surface area contributed by atoms with Gasteiger partial charge in [-0.25, -0.2) is 0 Å². The van der Waals surface area contributed by atoms with Gasteiger partial charge in [-0.05, 0) is 252 Å². The van der Waals surface area contributed by atoms with Crippen LogP contribution in [0.25, 0.3) is 0 Å². The van der Waals surface area contributed by atoms with Crippen molar-refractivity contribution in [2.45, 2.75) is 123 Å². The first-order chi connectivity index (χ1) is 34.2. The Morgan fingerprint density at radius 2 is 1.04 bits per heavy atom. The summed E-state index contributed by atoms with van der Waals surface area (Å²) < 4.78 is 28.9. The molecule has 0 heterocycles. The van der Waals surface area contributed by atoms with Crippen LogP contribution in [0.4, 0.5) is 0 Å². The Morgan fingerprint density at radius 3 is 1.49 bits per heavy atom. The molecule has 9 heteroatoms. The minimum atomic E-state index is 0.400. The normalized spacial score (nSPS) is 30.9. The number of hydrogen-bond acceptors (Lipinski definition) is 9. The fraction of sp³-hybridized carbons (Fsp3) is 0.613. The van der Waals surface area contributed by atoms with Crippen molar-refractivity contribution in [3.63, 3.8) is 0 Å². The second kappa shape index (κ2) is 22.7. The summed E-state index contributed by atoms with van der Waals surface area (Å²) in [6, 6.07) is 24.3.